The summed E-state index contributed by atoms with van der Waals surface area (Å²) in [6.45, 7) is 1.39. The number of aryl methyl sites for hydroxylation is 1. The molecule has 1 N–H and O–H groups in total. The van der Waals surface area contributed by atoms with Crippen LogP contribution in [-0.4, -0.2) is 29.3 Å². The van der Waals surface area contributed by atoms with E-state index >= 15 is 0 Å². The standard InChI is InChI=1S/C14H16BrN3O2/c1-20-13-5-3-11(4-6-13)14(19)16-7-2-8-18-10-12(15)9-17-18/h3-6,9-10H,2,7-8H2,1H3,(H,16,19). The second-order valence-electron chi connectivity index (χ2n) is 4.26. The van der Waals surface area contributed by atoms with Crippen LogP contribution in [-0.2, 0) is 6.54 Å². The van der Waals surface area contributed by atoms with Crippen molar-refractivity contribution < 1.29 is 9.53 Å². The SMILES string of the molecule is COc1ccc(C(=O)NCCCn2cc(Br)cn2)cc1. The molecule has 6 heteroatoms. The Bertz CT molecular complexity index is 566. The summed E-state index contributed by atoms with van der Waals surface area (Å²) in [5, 5.41) is 7.03. The van der Waals surface area contributed by atoms with Gasteiger partial charge in [0.25, 0.3) is 5.91 Å². The van der Waals surface area contributed by atoms with Gasteiger partial charge in [0.1, 0.15) is 5.75 Å². The topological polar surface area (TPSA) is 56.1 Å². The Balaban J connectivity index is 1.74. The lowest BCUT2D eigenvalue weighted by Crippen LogP contribution is -2.25. The molecule has 0 atom stereocenters. The molecule has 0 fully saturated rings. The Kier molecular flexibility index (Phi) is 5.17. The fourth-order valence-electron chi connectivity index (χ4n) is 1.75. The number of nitrogens with zero attached hydrogens (tertiary/aromatic N) is 2. The average molecular weight is 338 g/mol. The molecule has 1 aromatic heterocycles. The van der Waals surface area contributed by atoms with E-state index in [0.717, 1.165) is 23.2 Å². The summed E-state index contributed by atoms with van der Waals surface area (Å²) in [5.41, 5.74) is 0.632. The van der Waals surface area contributed by atoms with Gasteiger partial charge in [0, 0.05) is 24.8 Å². The van der Waals surface area contributed by atoms with E-state index in [2.05, 4.69) is 26.3 Å². The molecular formula is C14H16BrN3O2. The number of aromatic nitrogens is 2. The van der Waals surface area contributed by atoms with Gasteiger partial charge in [-0.2, -0.15) is 5.10 Å². The van der Waals surface area contributed by atoms with Crippen LogP contribution in [0.2, 0.25) is 0 Å². The number of amides is 1. The molecule has 106 valence electrons. The lowest BCUT2D eigenvalue weighted by atomic mass is 10.2. The van der Waals surface area contributed by atoms with Gasteiger partial charge in [-0.1, -0.05) is 0 Å². The maximum atomic E-state index is 11.9. The molecule has 5 nitrogen and oxygen atoms in total. The molecule has 2 aromatic rings. The van der Waals surface area contributed by atoms with Crippen molar-refractivity contribution in [3.63, 3.8) is 0 Å². The molecule has 0 radical (unpaired) electrons. The fraction of sp³-hybridized carbons (Fsp3) is 0.286. The van der Waals surface area contributed by atoms with E-state index in [4.69, 9.17) is 4.74 Å². The number of carbonyl (C=O) groups is 1. The van der Waals surface area contributed by atoms with Crippen LogP contribution in [0.25, 0.3) is 0 Å². The number of halogens is 1. The van der Waals surface area contributed by atoms with Crippen molar-refractivity contribution >= 4 is 21.8 Å². The number of methoxy groups -OCH3 is 1. The molecule has 0 saturated carbocycles. The van der Waals surface area contributed by atoms with Crippen molar-refractivity contribution in [3.8, 4) is 5.75 Å². The summed E-state index contributed by atoms with van der Waals surface area (Å²) in [4.78, 5) is 11.9. The zero-order valence-corrected chi connectivity index (χ0v) is 12.8. The van der Waals surface area contributed by atoms with Crippen LogP contribution in [0.4, 0.5) is 0 Å². The zero-order valence-electron chi connectivity index (χ0n) is 11.2. The number of nitrogens with one attached hydrogen (secondary N) is 1. The predicted molar refractivity (Wildman–Crippen MR) is 79.9 cm³/mol. The lowest BCUT2D eigenvalue weighted by molar-refractivity contribution is 0.0952. The van der Waals surface area contributed by atoms with Crippen molar-refractivity contribution in [2.45, 2.75) is 13.0 Å². The highest BCUT2D eigenvalue weighted by molar-refractivity contribution is 9.10. The maximum absolute atomic E-state index is 11.9. The third-order valence-corrected chi connectivity index (χ3v) is 3.21. The lowest BCUT2D eigenvalue weighted by Gasteiger charge is -2.06. The van der Waals surface area contributed by atoms with E-state index in [1.54, 1.807) is 37.6 Å². The molecule has 0 saturated heterocycles. The van der Waals surface area contributed by atoms with Crippen LogP contribution >= 0.6 is 15.9 Å². The summed E-state index contributed by atoms with van der Waals surface area (Å²) in [6, 6.07) is 7.05. The first-order chi connectivity index (χ1) is 9.69. The highest BCUT2D eigenvalue weighted by Crippen LogP contribution is 2.11. The summed E-state index contributed by atoms with van der Waals surface area (Å²) < 4.78 is 7.85. The number of benzene rings is 1. The molecule has 1 aromatic carbocycles. The van der Waals surface area contributed by atoms with Crippen molar-refractivity contribution in [2.24, 2.45) is 0 Å². The third-order valence-electron chi connectivity index (χ3n) is 2.80. The first-order valence-electron chi connectivity index (χ1n) is 6.29. The van der Waals surface area contributed by atoms with E-state index in [0.29, 0.717) is 12.1 Å². The highest BCUT2D eigenvalue weighted by Gasteiger charge is 2.04. The van der Waals surface area contributed by atoms with Gasteiger partial charge in [0.15, 0.2) is 0 Å². The normalized spacial score (nSPS) is 10.3. The van der Waals surface area contributed by atoms with Gasteiger partial charge < -0.3 is 10.1 Å². The van der Waals surface area contributed by atoms with Gasteiger partial charge in [0.2, 0.25) is 0 Å². The van der Waals surface area contributed by atoms with Crippen molar-refractivity contribution in [1.82, 2.24) is 15.1 Å². The smallest absolute Gasteiger partial charge is 0.251 e. The summed E-state index contributed by atoms with van der Waals surface area (Å²) in [6.07, 6.45) is 4.48. The zero-order chi connectivity index (χ0) is 14.4. The van der Waals surface area contributed by atoms with E-state index in [-0.39, 0.29) is 5.91 Å². The summed E-state index contributed by atoms with van der Waals surface area (Å²) >= 11 is 3.34. The largest absolute Gasteiger partial charge is 0.497 e. The average Bonchev–Trinajstić information content (AvgIpc) is 2.89. The molecule has 20 heavy (non-hydrogen) atoms. The third kappa shape index (κ3) is 4.09. The van der Waals surface area contributed by atoms with Gasteiger partial charge in [0.05, 0.1) is 17.8 Å². The quantitative estimate of drug-likeness (QED) is 0.824. The Morgan fingerprint density at radius 3 is 2.75 bits per heavy atom. The minimum absolute atomic E-state index is 0.0747. The number of rotatable bonds is 6. The van der Waals surface area contributed by atoms with Crippen molar-refractivity contribution in [2.75, 3.05) is 13.7 Å². The number of hydrogen-bond donors (Lipinski definition) is 1. The number of ether oxygens (including phenoxy) is 1. The van der Waals surface area contributed by atoms with E-state index in [1.165, 1.54) is 0 Å². The fourth-order valence-corrected chi connectivity index (χ4v) is 2.08. The molecule has 0 bridgehead atoms. The van der Waals surface area contributed by atoms with Crippen LogP contribution < -0.4 is 10.1 Å². The first kappa shape index (κ1) is 14.6. The van der Waals surface area contributed by atoms with Crippen molar-refractivity contribution in [3.05, 3.63) is 46.7 Å². The van der Waals surface area contributed by atoms with Gasteiger partial charge >= 0.3 is 0 Å². The Hall–Kier alpha value is -1.82. The molecule has 0 aliphatic carbocycles. The number of hydrogen-bond acceptors (Lipinski definition) is 3. The number of carbonyl (C=O) groups excluding carboxylic acids is 1. The second-order valence-corrected chi connectivity index (χ2v) is 5.18. The second kappa shape index (κ2) is 7.09. The predicted octanol–water partition coefficient (Wildman–Crippen LogP) is 2.47. The molecule has 1 heterocycles. The minimum atomic E-state index is -0.0747. The van der Waals surface area contributed by atoms with Crippen LogP contribution in [0.1, 0.15) is 16.8 Å². The summed E-state index contributed by atoms with van der Waals surface area (Å²) in [5.74, 6) is 0.667. The molecule has 0 aliphatic rings. The van der Waals surface area contributed by atoms with Crippen LogP contribution in [0.3, 0.4) is 0 Å². The maximum Gasteiger partial charge on any atom is 0.251 e. The van der Waals surface area contributed by atoms with E-state index in [1.807, 2.05) is 10.9 Å². The molecule has 0 aliphatic heterocycles. The van der Waals surface area contributed by atoms with Crippen molar-refractivity contribution in [1.29, 1.82) is 0 Å². The van der Waals surface area contributed by atoms with Crippen LogP contribution in [0.15, 0.2) is 41.1 Å². The first-order valence-corrected chi connectivity index (χ1v) is 7.08. The highest BCUT2D eigenvalue weighted by atomic mass is 79.9. The monoisotopic (exact) mass is 337 g/mol. The van der Waals surface area contributed by atoms with Crippen LogP contribution in [0, 0.1) is 0 Å². The van der Waals surface area contributed by atoms with Gasteiger partial charge in [-0.25, -0.2) is 0 Å². The van der Waals surface area contributed by atoms with E-state index in [9.17, 15) is 4.79 Å². The van der Waals surface area contributed by atoms with Gasteiger partial charge in [-0.05, 0) is 46.6 Å². The molecule has 1 amide bonds. The van der Waals surface area contributed by atoms with E-state index < -0.39 is 0 Å². The Labute approximate surface area is 126 Å². The van der Waals surface area contributed by atoms with Crippen LogP contribution in [0.5, 0.6) is 5.75 Å². The molecule has 0 spiro atoms. The Morgan fingerprint density at radius 2 is 2.15 bits per heavy atom. The molecule has 2 rings (SSSR count). The minimum Gasteiger partial charge on any atom is -0.497 e. The molecular weight excluding hydrogens is 322 g/mol. The molecule has 0 unspecified atom stereocenters. The van der Waals surface area contributed by atoms with Gasteiger partial charge in [-0.3, -0.25) is 9.48 Å². The summed E-state index contributed by atoms with van der Waals surface area (Å²) in [7, 11) is 1.60. The Morgan fingerprint density at radius 1 is 1.40 bits per heavy atom. The van der Waals surface area contributed by atoms with Gasteiger partial charge in [-0.15, -0.1) is 0 Å².